The van der Waals surface area contributed by atoms with E-state index in [-0.39, 0.29) is 22.1 Å². The van der Waals surface area contributed by atoms with Crippen molar-refractivity contribution in [2.24, 2.45) is 45.3 Å². The molecular weight excluding hydrogens is 502 g/mol. The van der Waals surface area contributed by atoms with Crippen molar-refractivity contribution < 1.29 is 9.47 Å². The summed E-state index contributed by atoms with van der Waals surface area (Å²) in [7, 11) is 2.94. The highest BCUT2D eigenvalue weighted by atomic mass is 35.5. The third-order valence-corrected chi connectivity index (χ3v) is 11.1. The average molecular weight is 518 g/mol. The molecule has 0 radical (unpaired) electrons. The van der Waals surface area contributed by atoms with Crippen LogP contribution in [0.3, 0.4) is 0 Å². The fourth-order valence-corrected chi connectivity index (χ4v) is 10.3. The number of hydrogen-bond acceptors (Lipinski definition) is 6. The van der Waals surface area contributed by atoms with E-state index in [4.69, 9.17) is 91.8 Å². The summed E-state index contributed by atoms with van der Waals surface area (Å²) in [5.41, 5.74) is 17.8. The number of hydrogen-bond donors (Lipinski definition) is 4. The van der Waals surface area contributed by atoms with Gasteiger partial charge >= 0.3 is 0 Å². The van der Waals surface area contributed by atoms with Gasteiger partial charge in [-0.1, -0.05) is 0 Å². The number of nitrogens with one attached hydrogen (secondary N) is 2. The van der Waals surface area contributed by atoms with Crippen LogP contribution < -0.4 is 22.3 Å². The molecule has 0 amide bonds. The molecule has 5 fully saturated rings. The molecule has 8 unspecified atom stereocenters. The van der Waals surface area contributed by atoms with E-state index in [9.17, 15) is 0 Å². The maximum Gasteiger partial charge on any atom is 0.211 e. The molecule has 8 atom stereocenters. The number of alkyl halides is 4. The van der Waals surface area contributed by atoms with Gasteiger partial charge in [-0.05, 0) is 24.4 Å². The molecule has 8 nitrogen and oxygen atoms in total. The van der Waals surface area contributed by atoms with E-state index in [0.29, 0.717) is 11.4 Å². The maximum atomic E-state index is 7.34. The van der Waals surface area contributed by atoms with Gasteiger partial charge in [-0.2, -0.15) is 10.2 Å². The lowest BCUT2D eigenvalue weighted by Crippen LogP contribution is -2.73. The SMILES string of the molecule is COC1(OC)C2(Cl)C3/C(=N/NC(N)=S)C4C5/C(=N\NC(N)=S)C3C1(Cl)C5(Cl)C42Cl. The Morgan fingerprint density at radius 3 is 1.38 bits per heavy atom. The van der Waals surface area contributed by atoms with Gasteiger partial charge in [-0.3, -0.25) is 10.9 Å². The van der Waals surface area contributed by atoms with E-state index in [1.807, 2.05) is 0 Å². The minimum atomic E-state index is -1.50. The highest BCUT2D eigenvalue weighted by molar-refractivity contribution is 7.80. The van der Waals surface area contributed by atoms with Crippen LogP contribution in [0.4, 0.5) is 0 Å². The van der Waals surface area contributed by atoms with Crippen LogP contribution in [0.2, 0.25) is 0 Å². The zero-order valence-corrected chi connectivity index (χ0v) is 19.7. The van der Waals surface area contributed by atoms with Crippen molar-refractivity contribution in [2.75, 3.05) is 14.2 Å². The van der Waals surface area contributed by atoms with E-state index in [2.05, 4.69) is 21.1 Å². The van der Waals surface area contributed by atoms with Crippen LogP contribution in [0.25, 0.3) is 0 Å². The molecule has 0 heterocycles. The van der Waals surface area contributed by atoms with Crippen molar-refractivity contribution in [2.45, 2.75) is 25.3 Å². The first-order valence-electron chi connectivity index (χ1n) is 8.59. The van der Waals surface area contributed by atoms with Crippen molar-refractivity contribution in [3.05, 3.63) is 0 Å². The molecule has 2 bridgehead atoms. The quantitative estimate of drug-likeness (QED) is 0.187. The zero-order valence-electron chi connectivity index (χ0n) is 15.0. The summed E-state index contributed by atoms with van der Waals surface area (Å²) in [5.74, 6) is -3.27. The molecule has 5 saturated carbocycles. The summed E-state index contributed by atoms with van der Waals surface area (Å²) in [4.78, 5) is -5.06. The van der Waals surface area contributed by atoms with Crippen LogP contribution in [0.5, 0.6) is 0 Å². The van der Waals surface area contributed by atoms with Crippen molar-refractivity contribution in [3.8, 4) is 0 Å². The second-order valence-electron chi connectivity index (χ2n) is 7.81. The number of nitrogens with two attached hydrogens (primary N) is 2. The number of ether oxygens (including phenoxy) is 2. The number of halogens is 4. The molecule has 14 heteroatoms. The molecule has 0 aromatic rings. The minimum Gasteiger partial charge on any atom is -0.375 e. The van der Waals surface area contributed by atoms with Crippen LogP contribution >= 0.6 is 70.8 Å². The second-order valence-corrected chi connectivity index (χ2v) is 11.1. The van der Waals surface area contributed by atoms with Gasteiger partial charge in [0.25, 0.3) is 0 Å². The molecule has 0 aromatic carbocycles. The monoisotopic (exact) mass is 516 g/mol. The summed E-state index contributed by atoms with van der Waals surface area (Å²) in [5, 5.41) is 8.90. The Hall–Kier alpha value is -0.200. The standard InChI is InChI=1S/C15H16Cl4N6O2S2/c1-26-15(27-2)13(18)5-6-8(23-25-10(21)29)4-3(7(5)22-24-9(20)28)11(13,16)12(4,17)14(6,15)19/h3-6H,1-2H3,(H3,20,24,28)(H3,21,25,29)/b22-7+,23-8+. The first-order valence-corrected chi connectivity index (χ1v) is 10.9. The van der Waals surface area contributed by atoms with Crippen LogP contribution in [0.1, 0.15) is 0 Å². The van der Waals surface area contributed by atoms with Gasteiger partial charge in [0, 0.05) is 49.3 Å². The summed E-state index contributed by atoms with van der Waals surface area (Å²) in [6.07, 6.45) is 0. The fraction of sp³-hybridized carbons (Fsp3) is 0.733. The van der Waals surface area contributed by atoms with Crippen LogP contribution in [-0.4, -0.2) is 61.2 Å². The molecule has 5 rings (SSSR count). The molecule has 0 aliphatic heterocycles. The Morgan fingerprint density at radius 2 is 1.10 bits per heavy atom. The second kappa shape index (κ2) is 5.58. The van der Waals surface area contributed by atoms with Crippen LogP contribution in [-0.2, 0) is 9.47 Å². The van der Waals surface area contributed by atoms with Gasteiger partial charge < -0.3 is 20.9 Å². The number of rotatable bonds is 4. The Balaban J connectivity index is 1.81. The Labute approximate surface area is 196 Å². The topological polar surface area (TPSA) is 119 Å². The molecule has 5 aliphatic carbocycles. The zero-order chi connectivity index (χ0) is 21.4. The third kappa shape index (κ3) is 1.56. The van der Waals surface area contributed by atoms with E-state index < -0.39 is 37.1 Å². The minimum absolute atomic E-state index is 0.0121. The van der Waals surface area contributed by atoms with Crippen LogP contribution in [0, 0.1) is 23.7 Å². The Morgan fingerprint density at radius 1 is 0.793 bits per heavy atom. The van der Waals surface area contributed by atoms with Crippen molar-refractivity contribution >= 4 is 92.5 Å². The fourth-order valence-electron chi connectivity index (χ4n) is 6.94. The Bertz CT molecular complexity index is 878. The van der Waals surface area contributed by atoms with Crippen molar-refractivity contribution in [1.82, 2.24) is 10.9 Å². The number of nitrogens with zero attached hydrogens (tertiary/aromatic N) is 2. The van der Waals surface area contributed by atoms with E-state index in [0.717, 1.165) is 0 Å². The lowest BCUT2D eigenvalue weighted by Gasteiger charge is -2.58. The van der Waals surface area contributed by atoms with E-state index in [1.165, 1.54) is 14.2 Å². The van der Waals surface area contributed by atoms with Gasteiger partial charge in [-0.15, -0.1) is 46.4 Å². The van der Waals surface area contributed by atoms with Gasteiger partial charge in [0.2, 0.25) is 5.79 Å². The highest BCUT2D eigenvalue weighted by Crippen LogP contribution is 2.95. The predicted molar refractivity (Wildman–Crippen MR) is 120 cm³/mol. The first kappa shape index (κ1) is 20.7. The third-order valence-electron chi connectivity index (χ3n) is 7.37. The van der Waals surface area contributed by atoms with Crippen LogP contribution in [0.15, 0.2) is 10.2 Å². The Kier molecular flexibility index (Phi) is 3.98. The normalized spacial score (nSPS) is 54.3. The van der Waals surface area contributed by atoms with E-state index >= 15 is 0 Å². The lowest BCUT2D eigenvalue weighted by molar-refractivity contribution is -0.223. The lowest BCUT2D eigenvalue weighted by atomic mass is 9.57. The van der Waals surface area contributed by atoms with Gasteiger partial charge in [0.1, 0.15) is 19.5 Å². The molecule has 0 spiro atoms. The summed E-state index contributed by atoms with van der Waals surface area (Å²) in [6.45, 7) is 0. The van der Waals surface area contributed by atoms with Gasteiger partial charge in [0.05, 0.1) is 0 Å². The number of fused-ring (bicyclic) bond motifs is 2. The van der Waals surface area contributed by atoms with E-state index in [1.54, 1.807) is 0 Å². The first-order chi connectivity index (χ1) is 13.5. The van der Waals surface area contributed by atoms with Gasteiger partial charge in [0.15, 0.2) is 10.2 Å². The number of hydrazone groups is 2. The number of thiocarbonyl (C=S) groups is 2. The predicted octanol–water partition coefficient (Wildman–Crippen LogP) is 0.797. The summed E-state index contributed by atoms with van der Waals surface area (Å²) < 4.78 is 11.8. The van der Waals surface area contributed by atoms with Crippen molar-refractivity contribution in [1.29, 1.82) is 0 Å². The smallest absolute Gasteiger partial charge is 0.211 e. The largest absolute Gasteiger partial charge is 0.375 e. The summed E-state index contributed by atoms with van der Waals surface area (Å²) >= 11 is 39.0. The maximum absolute atomic E-state index is 7.34. The summed E-state index contributed by atoms with van der Waals surface area (Å²) in [6, 6.07) is 0. The van der Waals surface area contributed by atoms with Gasteiger partial charge in [-0.25, -0.2) is 0 Å². The molecule has 0 saturated heterocycles. The molecule has 5 aliphatic rings. The molecule has 0 aromatic heterocycles. The molecule has 6 N–H and O–H groups in total. The number of methoxy groups -OCH3 is 2. The molecule has 29 heavy (non-hydrogen) atoms. The average Bonchev–Trinajstić information content (AvgIpc) is 2.96. The molecular formula is C15H16Cl4N6O2S2. The van der Waals surface area contributed by atoms with Crippen molar-refractivity contribution in [3.63, 3.8) is 0 Å². The highest BCUT2D eigenvalue weighted by Gasteiger charge is 3.11. The molecule has 158 valence electrons.